The van der Waals surface area contributed by atoms with Crippen LogP contribution in [0.4, 0.5) is 8.78 Å². The Morgan fingerprint density at radius 3 is 2.88 bits per heavy atom. The van der Waals surface area contributed by atoms with Crippen molar-refractivity contribution in [2.24, 2.45) is 0 Å². The van der Waals surface area contributed by atoms with E-state index in [1.54, 1.807) is 0 Å². The first-order valence-electron chi connectivity index (χ1n) is 4.90. The summed E-state index contributed by atoms with van der Waals surface area (Å²) in [6.45, 7) is 1.11. The molecule has 1 aromatic heterocycles. The molecule has 1 heterocycles. The summed E-state index contributed by atoms with van der Waals surface area (Å²) in [6, 6.07) is 2.99. The zero-order valence-electron chi connectivity index (χ0n) is 8.86. The van der Waals surface area contributed by atoms with Gasteiger partial charge in [-0.15, -0.1) is 0 Å². The molecule has 1 aromatic rings. The van der Waals surface area contributed by atoms with Crippen LogP contribution in [0.3, 0.4) is 0 Å². The van der Waals surface area contributed by atoms with E-state index in [0.717, 1.165) is 0 Å². The monoisotopic (exact) mass is 232 g/mol. The van der Waals surface area contributed by atoms with Crippen molar-refractivity contribution < 1.29 is 18.7 Å². The van der Waals surface area contributed by atoms with Crippen LogP contribution in [-0.2, 0) is 6.54 Å². The van der Waals surface area contributed by atoms with Gasteiger partial charge in [0.15, 0.2) is 0 Å². The number of halogens is 2. The van der Waals surface area contributed by atoms with Gasteiger partial charge < -0.3 is 15.0 Å². The van der Waals surface area contributed by atoms with Crippen molar-refractivity contribution in [2.45, 2.75) is 26.0 Å². The van der Waals surface area contributed by atoms with Crippen LogP contribution in [0.2, 0.25) is 0 Å². The van der Waals surface area contributed by atoms with Crippen molar-refractivity contribution in [1.29, 1.82) is 0 Å². The van der Waals surface area contributed by atoms with Gasteiger partial charge in [-0.1, -0.05) is 0 Å². The molecule has 0 unspecified atom stereocenters. The SMILES string of the molecule is C[C@H](O)CNC(=O)c1cccn1CC(F)F. The van der Waals surface area contributed by atoms with Crippen LogP contribution in [0.25, 0.3) is 0 Å². The average molecular weight is 232 g/mol. The number of rotatable bonds is 5. The molecule has 90 valence electrons. The number of carbonyl (C=O) groups is 1. The Morgan fingerprint density at radius 2 is 2.31 bits per heavy atom. The van der Waals surface area contributed by atoms with Gasteiger partial charge >= 0.3 is 0 Å². The van der Waals surface area contributed by atoms with Gasteiger partial charge in [-0.3, -0.25) is 4.79 Å². The highest BCUT2D eigenvalue weighted by Gasteiger charge is 2.13. The molecule has 0 aliphatic rings. The van der Waals surface area contributed by atoms with Crippen LogP contribution >= 0.6 is 0 Å². The molecule has 1 atom stereocenters. The minimum atomic E-state index is -2.50. The lowest BCUT2D eigenvalue weighted by molar-refractivity contribution is 0.0902. The number of hydrogen-bond acceptors (Lipinski definition) is 2. The van der Waals surface area contributed by atoms with Crippen LogP contribution in [-0.4, -0.2) is 34.7 Å². The molecule has 0 aliphatic heterocycles. The molecule has 4 nitrogen and oxygen atoms in total. The number of hydrogen-bond donors (Lipinski definition) is 2. The van der Waals surface area contributed by atoms with Crippen LogP contribution in [0, 0.1) is 0 Å². The first-order valence-corrected chi connectivity index (χ1v) is 4.90. The maximum absolute atomic E-state index is 12.2. The highest BCUT2D eigenvalue weighted by Crippen LogP contribution is 2.06. The van der Waals surface area contributed by atoms with E-state index in [0.29, 0.717) is 0 Å². The Balaban J connectivity index is 2.64. The summed E-state index contributed by atoms with van der Waals surface area (Å²) < 4.78 is 25.5. The highest BCUT2D eigenvalue weighted by molar-refractivity contribution is 5.92. The molecule has 0 aliphatic carbocycles. The zero-order chi connectivity index (χ0) is 12.1. The number of carbonyl (C=O) groups excluding carboxylic acids is 1. The van der Waals surface area contributed by atoms with Crippen molar-refractivity contribution in [2.75, 3.05) is 6.54 Å². The summed E-state index contributed by atoms with van der Waals surface area (Å²) in [4.78, 5) is 11.5. The molecule has 0 aromatic carbocycles. The van der Waals surface area contributed by atoms with Gasteiger partial charge in [0, 0.05) is 12.7 Å². The van der Waals surface area contributed by atoms with Gasteiger partial charge in [0.2, 0.25) is 0 Å². The van der Waals surface area contributed by atoms with E-state index < -0.39 is 25.0 Å². The molecule has 1 rings (SSSR count). The van der Waals surface area contributed by atoms with Crippen molar-refractivity contribution in [3.63, 3.8) is 0 Å². The molecular weight excluding hydrogens is 218 g/mol. The van der Waals surface area contributed by atoms with E-state index in [2.05, 4.69) is 5.32 Å². The van der Waals surface area contributed by atoms with E-state index in [4.69, 9.17) is 5.11 Å². The van der Waals surface area contributed by atoms with Crippen molar-refractivity contribution in [3.05, 3.63) is 24.0 Å². The summed E-state index contributed by atoms with van der Waals surface area (Å²) in [6.07, 6.45) is -1.75. The molecular formula is C10H14F2N2O2. The van der Waals surface area contributed by atoms with Crippen LogP contribution < -0.4 is 5.32 Å². The fourth-order valence-corrected chi connectivity index (χ4v) is 1.26. The second-order valence-corrected chi connectivity index (χ2v) is 3.50. The van der Waals surface area contributed by atoms with Gasteiger partial charge in [0.05, 0.1) is 12.6 Å². The normalized spacial score (nSPS) is 12.8. The Kier molecular flexibility index (Phi) is 4.42. The average Bonchev–Trinajstić information content (AvgIpc) is 2.61. The third-order valence-corrected chi connectivity index (χ3v) is 1.95. The van der Waals surface area contributed by atoms with Gasteiger partial charge in [0.1, 0.15) is 5.69 Å². The molecule has 0 radical (unpaired) electrons. The maximum atomic E-state index is 12.2. The van der Waals surface area contributed by atoms with E-state index in [9.17, 15) is 13.6 Å². The number of aliphatic hydroxyl groups excluding tert-OH is 1. The van der Waals surface area contributed by atoms with Gasteiger partial charge in [-0.25, -0.2) is 8.78 Å². The summed E-state index contributed by atoms with van der Waals surface area (Å²) in [5, 5.41) is 11.4. The second kappa shape index (κ2) is 5.60. The topological polar surface area (TPSA) is 54.3 Å². The second-order valence-electron chi connectivity index (χ2n) is 3.50. The first-order chi connectivity index (χ1) is 7.50. The minimum Gasteiger partial charge on any atom is -0.392 e. The molecule has 0 saturated carbocycles. The van der Waals surface area contributed by atoms with Crippen LogP contribution in [0.5, 0.6) is 0 Å². The molecule has 0 bridgehead atoms. The van der Waals surface area contributed by atoms with E-state index in [1.807, 2.05) is 0 Å². The molecule has 0 fully saturated rings. The number of aromatic nitrogens is 1. The van der Waals surface area contributed by atoms with Crippen LogP contribution in [0.1, 0.15) is 17.4 Å². The molecule has 1 amide bonds. The largest absolute Gasteiger partial charge is 0.392 e. The summed E-state index contributed by atoms with van der Waals surface area (Å²) in [5.74, 6) is -0.466. The summed E-state index contributed by atoms with van der Waals surface area (Å²) >= 11 is 0. The Morgan fingerprint density at radius 1 is 1.62 bits per heavy atom. The van der Waals surface area contributed by atoms with Crippen molar-refractivity contribution >= 4 is 5.91 Å². The summed E-state index contributed by atoms with van der Waals surface area (Å²) in [7, 11) is 0. The predicted octanol–water partition coefficient (Wildman–Crippen LogP) is 0.864. The lowest BCUT2D eigenvalue weighted by Gasteiger charge is -2.10. The van der Waals surface area contributed by atoms with E-state index >= 15 is 0 Å². The van der Waals surface area contributed by atoms with Crippen molar-refractivity contribution in [3.8, 4) is 0 Å². The molecule has 0 saturated heterocycles. The Bertz CT molecular complexity index is 350. The van der Waals surface area contributed by atoms with Gasteiger partial charge in [0.25, 0.3) is 12.3 Å². The third kappa shape index (κ3) is 3.62. The fourth-order valence-electron chi connectivity index (χ4n) is 1.26. The highest BCUT2D eigenvalue weighted by atomic mass is 19.3. The van der Waals surface area contributed by atoms with Crippen LogP contribution in [0.15, 0.2) is 18.3 Å². The summed E-state index contributed by atoms with van der Waals surface area (Å²) in [5.41, 5.74) is 0.168. The Labute approximate surface area is 91.9 Å². The number of aliphatic hydroxyl groups is 1. The molecule has 0 spiro atoms. The van der Waals surface area contributed by atoms with E-state index in [1.165, 1.54) is 29.8 Å². The predicted molar refractivity (Wildman–Crippen MR) is 54.5 cm³/mol. The van der Waals surface area contributed by atoms with E-state index in [-0.39, 0.29) is 12.2 Å². The maximum Gasteiger partial charge on any atom is 0.267 e. The smallest absolute Gasteiger partial charge is 0.267 e. The first kappa shape index (κ1) is 12.6. The zero-order valence-corrected chi connectivity index (χ0v) is 8.86. The Hall–Kier alpha value is -1.43. The van der Waals surface area contributed by atoms with Gasteiger partial charge in [-0.2, -0.15) is 0 Å². The lowest BCUT2D eigenvalue weighted by atomic mass is 10.3. The molecule has 6 heteroatoms. The number of nitrogens with zero attached hydrogens (tertiary/aromatic N) is 1. The molecule has 16 heavy (non-hydrogen) atoms. The van der Waals surface area contributed by atoms with Crippen molar-refractivity contribution in [1.82, 2.24) is 9.88 Å². The number of amides is 1. The van der Waals surface area contributed by atoms with Gasteiger partial charge in [-0.05, 0) is 19.1 Å². The minimum absolute atomic E-state index is 0.0959. The number of alkyl halides is 2. The number of nitrogens with one attached hydrogen (secondary N) is 1. The molecule has 2 N–H and O–H groups in total. The fraction of sp³-hybridized carbons (Fsp3) is 0.500. The third-order valence-electron chi connectivity index (χ3n) is 1.95. The quantitative estimate of drug-likeness (QED) is 0.791. The lowest BCUT2D eigenvalue weighted by Crippen LogP contribution is -2.32. The standard InChI is InChI=1S/C10H14F2N2O2/c1-7(15)5-13-10(16)8-3-2-4-14(8)6-9(11)12/h2-4,7,9,15H,5-6H2,1H3,(H,13,16)/t7-/m0/s1.